The van der Waals surface area contributed by atoms with Crippen molar-refractivity contribution in [3.63, 3.8) is 0 Å². The van der Waals surface area contributed by atoms with Crippen LogP contribution in [0.4, 0.5) is 0 Å². The van der Waals surface area contributed by atoms with Gasteiger partial charge in [0.05, 0.1) is 24.4 Å². The molecule has 0 aliphatic heterocycles. The van der Waals surface area contributed by atoms with Gasteiger partial charge in [0, 0.05) is 17.7 Å². The van der Waals surface area contributed by atoms with E-state index in [2.05, 4.69) is 28.4 Å². The Morgan fingerprint density at radius 2 is 2.00 bits per heavy atom. The minimum Gasteiger partial charge on any atom is -0.192 e. The molecular weight excluding hydrogens is 198 g/mol. The third-order valence-corrected chi connectivity index (χ3v) is 2.86. The second-order valence-electron chi connectivity index (χ2n) is 3.94. The zero-order valence-corrected chi connectivity index (χ0v) is 9.73. The molecule has 3 heteroatoms. The van der Waals surface area contributed by atoms with Crippen LogP contribution in [0.25, 0.3) is 5.69 Å². The Balaban J connectivity index is 2.58. The maximum atomic E-state index is 8.82. The van der Waals surface area contributed by atoms with Gasteiger partial charge in [-0.2, -0.15) is 9.94 Å². The number of aryl methyl sites for hydroxylation is 2. The van der Waals surface area contributed by atoms with Crippen LogP contribution in [0.3, 0.4) is 0 Å². The summed E-state index contributed by atoms with van der Waals surface area (Å²) in [5.74, 6) is 0. The molecule has 0 saturated heterocycles. The van der Waals surface area contributed by atoms with E-state index in [1.54, 1.807) is 0 Å². The van der Waals surface area contributed by atoms with E-state index in [1.165, 1.54) is 5.69 Å². The number of nitriles is 1. The minimum absolute atomic E-state index is 0.702. The average Bonchev–Trinajstić information content (AvgIpc) is 2.60. The van der Waals surface area contributed by atoms with Gasteiger partial charge in [-0.15, -0.1) is 0 Å². The van der Waals surface area contributed by atoms with Crippen molar-refractivity contribution < 1.29 is 4.68 Å². The van der Waals surface area contributed by atoms with E-state index in [9.17, 15) is 0 Å². The molecule has 2 rings (SSSR count). The zero-order chi connectivity index (χ0) is 11.7. The Morgan fingerprint density at radius 3 is 2.50 bits per heavy atom. The molecule has 0 radical (unpaired) electrons. The van der Waals surface area contributed by atoms with Gasteiger partial charge in [0.25, 0.3) is 0 Å². The fourth-order valence-corrected chi connectivity index (χ4v) is 1.78. The highest BCUT2D eigenvalue weighted by molar-refractivity contribution is 5.41. The Labute approximate surface area is 95.2 Å². The van der Waals surface area contributed by atoms with Crippen molar-refractivity contribution >= 4 is 0 Å². The summed E-state index contributed by atoms with van der Waals surface area (Å²) in [6.07, 6.45) is 2.03. The van der Waals surface area contributed by atoms with Gasteiger partial charge in [0.2, 0.25) is 11.9 Å². The second-order valence-corrected chi connectivity index (χ2v) is 3.94. The molecule has 1 aromatic heterocycles. The first-order valence-corrected chi connectivity index (χ1v) is 5.19. The SMILES string of the molecule is Cc1cc(C#N)ccc1-[n+]1ccc(C)n1C. The van der Waals surface area contributed by atoms with E-state index in [0.717, 1.165) is 11.3 Å². The third-order valence-electron chi connectivity index (χ3n) is 2.86. The van der Waals surface area contributed by atoms with Gasteiger partial charge in [0.1, 0.15) is 0 Å². The van der Waals surface area contributed by atoms with Crippen LogP contribution in [-0.4, -0.2) is 4.68 Å². The van der Waals surface area contributed by atoms with E-state index in [1.807, 2.05) is 38.4 Å². The van der Waals surface area contributed by atoms with Gasteiger partial charge in [0.15, 0.2) is 0 Å². The molecule has 0 fully saturated rings. The van der Waals surface area contributed by atoms with E-state index in [4.69, 9.17) is 5.26 Å². The topological polar surface area (TPSA) is 32.6 Å². The van der Waals surface area contributed by atoms with E-state index < -0.39 is 0 Å². The summed E-state index contributed by atoms with van der Waals surface area (Å²) in [5.41, 5.74) is 4.11. The Kier molecular flexibility index (Phi) is 2.49. The van der Waals surface area contributed by atoms with Gasteiger partial charge in [-0.25, -0.2) is 0 Å². The predicted molar refractivity (Wildman–Crippen MR) is 61.1 cm³/mol. The summed E-state index contributed by atoms with van der Waals surface area (Å²) < 4.78 is 4.15. The minimum atomic E-state index is 0.702. The van der Waals surface area contributed by atoms with Gasteiger partial charge < -0.3 is 0 Å². The number of hydrogen-bond donors (Lipinski definition) is 0. The Hall–Kier alpha value is -2.08. The van der Waals surface area contributed by atoms with Gasteiger partial charge >= 0.3 is 0 Å². The maximum Gasteiger partial charge on any atom is 0.238 e. The Bertz CT molecular complexity index is 573. The average molecular weight is 212 g/mol. The highest BCUT2D eigenvalue weighted by atomic mass is 15.4. The third kappa shape index (κ3) is 1.59. The molecule has 0 atom stereocenters. The molecule has 0 bridgehead atoms. The van der Waals surface area contributed by atoms with Gasteiger partial charge in [-0.05, 0) is 26.0 Å². The number of rotatable bonds is 1. The Morgan fingerprint density at radius 1 is 1.25 bits per heavy atom. The van der Waals surface area contributed by atoms with Crippen molar-refractivity contribution in [2.24, 2.45) is 7.05 Å². The van der Waals surface area contributed by atoms with Crippen LogP contribution in [0.15, 0.2) is 30.5 Å². The first-order valence-electron chi connectivity index (χ1n) is 5.19. The fraction of sp³-hybridized carbons (Fsp3) is 0.231. The molecule has 0 amide bonds. The van der Waals surface area contributed by atoms with Crippen molar-refractivity contribution in [2.75, 3.05) is 0 Å². The highest BCUT2D eigenvalue weighted by Gasteiger charge is 2.15. The monoisotopic (exact) mass is 212 g/mol. The zero-order valence-electron chi connectivity index (χ0n) is 9.73. The van der Waals surface area contributed by atoms with Crippen molar-refractivity contribution in [1.29, 1.82) is 5.26 Å². The quantitative estimate of drug-likeness (QED) is 0.663. The second kappa shape index (κ2) is 3.82. The summed E-state index contributed by atoms with van der Waals surface area (Å²) in [4.78, 5) is 0. The normalized spacial score (nSPS) is 10.1. The largest absolute Gasteiger partial charge is 0.238 e. The summed E-state index contributed by atoms with van der Waals surface area (Å²) in [7, 11) is 2.02. The van der Waals surface area contributed by atoms with Crippen LogP contribution in [0, 0.1) is 25.2 Å². The highest BCUT2D eigenvalue weighted by Crippen LogP contribution is 2.10. The molecule has 80 valence electrons. The van der Waals surface area contributed by atoms with Crippen LogP contribution >= 0.6 is 0 Å². The van der Waals surface area contributed by atoms with Crippen molar-refractivity contribution in [2.45, 2.75) is 13.8 Å². The van der Waals surface area contributed by atoms with E-state index in [-0.39, 0.29) is 0 Å². The lowest BCUT2D eigenvalue weighted by atomic mass is 10.1. The number of benzene rings is 1. The van der Waals surface area contributed by atoms with Crippen LogP contribution < -0.4 is 4.68 Å². The van der Waals surface area contributed by atoms with Gasteiger partial charge in [-0.1, -0.05) is 4.68 Å². The number of aromatic nitrogens is 2. The predicted octanol–water partition coefficient (Wildman–Crippen LogP) is 1.79. The summed E-state index contributed by atoms with van der Waals surface area (Å²) in [6, 6.07) is 9.95. The molecule has 0 saturated carbocycles. The molecule has 0 spiro atoms. The fourth-order valence-electron chi connectivity index (χ4n) is 1.78. The van der Waals surface area contributed by atoms with E-state index >= 15 is 0 Å². The first-order chi connectivity index (χ1) is 7.63. The summed E-state index contributed by atoms with van der Waals surface area (Å²) >= 11 is 0. The molecule has 16 heavy (non-hydrogen) atoms. The lowest BCUT2D eigenvalue weighted by Gasteiger charge is -2.01. The number of nitrogens with zero attached hydrogens (tertiary/aromatic N) is 3. The molecule has 0 N–H and O–H groups in total. The molecular formula is C13H14N3+. The van der Waals surface area contributed by atoms with Crippen LogP contribution in [0.1, 0.15) is 16.8 Å². The summed E-state index contributed by atoms with van der Waals surface area (Å²) in [5, 5.41) is 8.82. The number of hydrogen-bond acceptors (Lipinski definition) is 1. The van der Waals surface area contributed by atoms with E-state index in [0.29, 0.717) is 5.56 Å². The van der Waals surface area contributed by atoms with Gasteiger partial charge in [-0.3, -0.25) is 0 Å². The lowest BCUT2D eigenvalue weighted by Crippen LogP contribution is -2.39. The molecule has 1 aromatic carbocycles. The smallest absolute Gasteiger partial charge is 0.192 e. The summed E-state index contributed by atoms with van der Waals surface area (Å²) in [6.45, 7) is 4.08. The lowest BCUT2D eigenvalue weighted by molar-refractivity contribution is -0.683. The molecule has 1 heterocycles. The molecule has 2 aromatic rings. The molecule has 0 aliphatic carbocycles. The van der Waals surface area contributed by atoms with Crippen molar-refractivity contribution in [3.8, 4) is 11.8 Å². The van der Waals surface area contributed by atoms with Crippen LogP contribution in [-0.2, 0) is 7.05 Å². The van der Waals surface area contributed by atoms with Crippen molar-refractivity contribution in [1.82, 2.24) is 4.68 Å². The molecule has 0 unspecified atom stereocenters. The molecule has 0 aliphatic rings. The van der Waals surface area contributed by atoms with Crippen LogP contribution in [0.2, 0.25) is 0 Å². The first kappa shape index (κ1) is 10.4. The van der Waals surface area contributed by atoms with Crippen molar-refractivity contribution in [3.05, 3.63) is 47.3 Å². The molecule has 3 nitrogen and oxygen atoms in total. The maximum absolute atomic E-state index is 8.82. The standard InChI is InChI=1S/C13H14N3/c1-10-8-12(9-14)4-5-13(10)16-7-6-11(2)15(16)3/h4-8H,1-3H3/q+1. The van der Waals surface area contributed by atoms with Crippen LogP contribution in [0.5, 0.6) is 0 Å².